The van der Waals surface area contributed by atoms with E-state index in [1.54, 1.807) is 14.2 Å². The predicted molar refractivity (Wildman–Crippen MR) is 104 cm³/mol. The first-order valence-corrected chi connectivity index (χ1v) is 9.61. The largest absolute Gasteiger partial charge is 0.493 e. The molecule has 1 heterocycles. The topological polar surface area (TPSA) is 56.4 Å². The van der Waals surface area contributed by atoms with Crippen molar-refractivity contribution < 1.29 is 32.8 Å². The second-order valence-electron chi connectivity index (χ2n) is 7.22. The normalized spacial score (nSPS) is 18.9. The fourth-order valence-corrected chi connectivity index (χ4v) is 3.60. The van der Waals surface area contributed by atoms with Crippen molar-refractivity contribution in [2.24, 2.45) is 0 Å². The smallest absolute Gasteiger partial charge is 0.279 e. The molecule has 0 radical (unpaired) electrons. The van der Waals surface area contributed by atoms with Gasteiger partial charge in [-0.2, -0.15) is 0 Å². The number of piperazine rings is 1. The van der Waals surface area contributed by atoms with Crippen molar-refractivity contribution in [3.63, 3.8) is 0 Å². The zero-order valence-electron chi connectivity index (χ0n) is 16.7. The summed E-state index contributed by atoms with van der Waals surface area (Å²) in [4.78, 5) is 14.8. The van der Waals surface area contributed by atoms with Crippen molar-refractivity contribution in [1.82, 2.24) is 0 Å². The van der Waals surface area contributed by atoms with Gasteiger partial charge in [-0.05, 0) is 30.3 Å². The van der Waals surface area contributed by atoms with Crippen LogP contribution in [0.4, 0.5) is 14.5 Å². The lowest BCUT2D eigenvalue weighted by Crippen LogP contribution is -3.28. The monoisotopic (exact) mass is 407 g/mol. The van der Waals surface area contributed by atoms with Crippen molar-refractivity contribution >= 4 is 11.6 Å². The molecule has 0 saturated carbocycles. The standard InChI is InChI=1S/C21H25F2N3O3/c1-28-19-6-3-15(11-20(19)29-2)13-25-7-9-26(10-8-25)14-21(27)24-16-4-5-17(22)18(23)12-16/h3-6,11-12H,7-10,13-14H2,1-2H3,(H,24,27)/p+2. The van der Waals surface area contributed by atoms with E-state index in [2.05, 4.69) is 5.32 Å². The number of amides is 1. The molecule has 1 aliphatic heterocycles. The Labute approximate surface area is 169 Å². The van der Waals surface area contributed by atoms with E-state index < -0.39 is 11.6 Å². The molecule has 2 aromatic rings. The van der Waals surface area contributed by atoms with Gasteiger partial charge in [-0.15, -0.1) is 0 Å². The van der Waals surface area contributed by atoms with Crippen LogP contribution in [0.1, 0.15) is 5.56 Å². The van der Waals surface area contributed by atoms with E-state index in [0.717, 1.165) is 50.6 Å². The Balaban J connectivity index is 1.46. The number of hydrogen-bond acceptors (Lipinski definition) is 3. The molecular formula is C21H27F2N3O3+2. The van der Waals surface area contributed by atoms with Crippen LogP contribution in [0.25, 0.3) is 0 Å². The minimum absolute atomic E-state index is 0.200. The number of benzene rings is 2. The van der Waals surface area contributed by atoms with Crippen LogP contribution in [0.15, 0.2) is 36.4 Å². The predicted octanol–water partition coefficient (Wildman–Crippen LogP) is -0.0959. The van der Waals surface area contributed by atoms with Gasteiger partial charge in [-0.3, -0.25) is 4.79 Å². The Morgan fingerprint density at radius 1 is 0.931 bits per heavy atom. The van der Waals surface area contributed by atoms with Crippen molar-refractivity contribution in [3.8, 4) is 11.5 Å². The Morgan fingerprint density at radius 2 is 1.62 bits per heavy atom. The van der Waals surface area contributed by atoms with Gasteiger partial charge in [0.25, 0.3) is 5.91 Å². The Hall–Kier alpha value is -2.71. The summed E-state index contributed by atoms with van der Waals surface area (Å²) in [7, 11) is 3.25. The van der Waals surface area contributed by atoms with Crippen LogP contribution in [0.2, 0.25) is 0 Å². The van der Waals surface area contributed by atoms with Gasteiger partial charge >= 0.3 is 0 Å². The van der Waals surface area contributed by atoms with Gasteiger partial charge in [-0.1, -0.05) is 0 Å². The number of rotatable bonds is 7. The van der Waals surface area contributed by atoms with Crippen LogP contribution in [0.3, 0.4) is 0 Å². The Kier molecular flexibility index (Phi) is 7.00. The summed E-state index contributed by atoms with van der Waals surface area (Å²) < 4.78 is 36.9. The van der Waals surface area contributed by atoms with Gasteiger partial charge in [0.2, 0.25) is 0 Å². The molecular weight excluding hydrogens is 380 g/mol. The maximum absolute atomic E-state index is 13.3. The van der Waals surface area contributed by atoms with Crippen LogP contribution in [-0.2, 0) is 11.3 Å². The van der Waals surface area contributed by atoms with Gasteiger partial charge in [0, 0.05) is 17.3 Å². The van der Waals surface area contributed by atoms with Gasteiger partial charge in [0.05, 0.1) is 14.2 Å². The van der Waals surface area contributed by atoms with E-state index in [4.69, 9.17) is 9.47 Å². The number of ether oxygens (including phenoxy) is 2. The van der Waals surface area contributed by atoms with Crippen LogP contribution >= 0.6 is 0 Å². The van der Waals surface area contributed by atoms with E-state index in [0.29, 0.717) is 12.3 Å². The highest BCUT2D eigenvalue weighted by atomic mass is 19.2. The first-order chi connectivity index (χ1) is 14.0. The maximum atomic E-state index is 13.3. The molecule has 29 heavy (non-hydrogen) atoms. The highest BCUT2D eigenvalue weighted by Gasteiger charge is 2.25. The quantitative estimate of drug-likeness (QED) is 0.601. The molecule has 0 atom stereocenters. The van der Waals surface area contributed by atoms with Crippen molar-refractivity contribution in [2.45, 2.75) is 6.54 Å². The van der Waals surface area contributed by atoms with Crippen LogP contribution < -0.4 is 24.6 Å². The summed E-state index contributed by atoms with van der Waals surface area (Å²) in [5, 5.41) is 2.63. The SMILES string of the molecule is COc1ccc(C[NH+]2CC[NH+](CC(=O)Nc3ccc(F)c(F)c3)CC2)cc1OC. The second-order valence-corrected chi connectivity index (χ2v) is 7.22. The highest BCUT2D eigenvalue weighted by molar-refractivity contribution is 5.91. The molecule has 1 saturated heterocycles. The molecule has 1 fully saturated rings. The molecule has 1 aliphatic rings. The molecule has 0 spiro atoms. The Bertz CT molecular complexity index is 855. The van der Waals surface area contributed by atoms with Crippen molar-refractivity contribution in [2.75, 3.05) is 52.3 Å². The number of halogens is 2. The van der Waals surface area contributed by atoms with E-state index >= 15 is 0 Å². The van der Waals surface area contributed by atoms with E-state index in [-0.39, 0.29) is 11.6 Å². The number of carbonyl (C=O) groups excluding carboxylic acids is 1. The number of nitrogens with one attached hydrogen (secondary N) is 3. The number of methoxy groups -OCH3 is 2. The third-order valence-corrected chi connectivity index (χ3v) is 5.18. The fourth-order valence-electron chi connectivity index (χ4n) is 3.60. The molecule has 8 heteroatoms. The lowest BCUT2D eigenvalue weighted by Gasteiger charge is -2.29. The summed E-state index contributed by atoms with van der Waals surface area (Å²) >= 11 is 0. The van der Waals surface area contributed by atoms with Crippen LogP contribution in [0, 0.1) is 11.6 Å². The second kappa shape index (κ2) is 9.67. The molecule has 0 unspecified atom stereocenters. The number of hydrogen-bond donors (Lipinski definition) is 3. The number of quaternary nitrogens is 2. The average Bonchev–Trinajstić information content (AvgIpc) is 2.72. The molecule has 3 rings (SSSR count). The summed E-state index contributed by atoms with van der Waals surface area (Å²) in [5.74, 6) is -0.658. The summed E-state index contributed by atoms with van der Waals surface area (Å²) in [6.45, 7) is 4.82. The van der Waals surface area contributed by atoms with E-state index in [1.165, 1.54) is 21.4 Å². The number of anilines is 1. The molecule has 2 aromatic carbocycles. The fraction of sp³-hybridized carbons (Fsp3) is 0.381. The first kappa shape index (κ1) is 21.0. The minimum Gasteiger partial charge on any atom is -0.493 e. The summed E-state index contributed by atoms with van der Waals surface area (Å²) in [6.07, 6.45) is 0. The van der Waals surface area contributed by atoms with Crippen LogP contribution in [0.5, 0.6) is 11.5 Å². The van der Waals surface area contributed by atoms with E-state index in [1.807, 2.05) is 18.2 Å². The highest BCUT2D eigenvalue weighted by Crippen LogP contribution is 2.27. The summed E-state index contributed by atoms with van der Waals surface area (Å²) in [5.41, 5.74) is 1.45. The molecule has 156 valence electrons. The maximum Gasteiger partial charge on any atom is 0.279 e. The third-order valence-electron chi connectivity index (χ3n) is 5.18. The molecule has 0 bridgehead atoms. The first-order valence-electron chi connectivity index (χ1n) is 9.61. The molecule has 3 N–H and O–H groups in total. The van der Waals surface area contributed by atoms with Gasteiger partial charge in [0.15, 0.2) is 29.7 Å². The molecule has 1 amide bonds. The van der Waals surface area contributed by atoms with Crippen molar-refractivity contribution in [3.05, 3.63) is 53.6 Å². The average molecular weight is 407 g/mol. The lowest BCUT2D eigenvalue weighted by molar-refractivity contribution is -1.02. The summed E-state index contributed by atoms with van der Waals surface area (Å²) in [6, 6.07) is 9.32. The van der Waals surface area contributed by atoms with Crippen molar-refractivity contribution in [1.29, 1.82) is 0 Å². The minimum atomic E-state index is -0.970. The zero-order valence-corrected chi connectivity index (χ0v) is 16.7. The van der Waals surface area contributed by atoms with Crippen LogP contribution in [-0.4, -0.2) is 52.9 Å². The molecule has 0 aliphatic carbocycles. The van der Waals surface area contributed by atoms with Gasteiger partial charge < -0.3 is 24.6 Å². The zero-order chi connectivity index (χ0) is 20.8. The Morgan fingerprint density at radius 3 is 2.28 bits per heavy atom. The lowest BCUT2D eigenvalue weighted by atomic mass is 10.1. The molecule has 6 nitrogen and oxygen atoms in total. The van der Waals surface area contributed by atoms with E-state index in [9.17, 15) is 13.6 Å². The molecule has 0 aromatic heterocycles. The number of carbonyl (C=O) groups is 1. The van der Waals surface area contributed by atoms with Gasteiger partial charge in [0.1, 0.15) is 32.7 Å². The third kappa shape index (κ3) is 5.65. The van der Waals surface area contributed by atoms with Gasteiger partial charge in [-0.25, -0.2) is 8.78 Å².